The van der Waals surface area contributed by atoms with Gasteiger partial charge in [0.25, 0.3) is 0 Å². The Morgan fingerprint density at radius 2 is 1.58 bits per heavy atom. The molecular weight excluding hydrogens is 290 g/mol. The molecule has 0 saturated heterocycles. The molecule has 0 amide bonds. The second kappa shape index (κ2) is 5.31. The molecule has 0 fully saturated rings. The van der Waals surface area contributed by atoms with Gasteiger partial charge in [0.2, 0.25) is 0 Å². The van der Waals surface area contributed by atoms with E-state index in [0.29, 0.717) is 5.92 Å². The van der Waals surface area contributed by atoms with Gasteiger partial charge in [-0.25, -0.2) is 4.99 Å². The Bertz CT molecular complexity index is 986. The largest absolute Gasteiger partial charge is 0.247 e. The van der Waals surface area contributed by atoms with E-state index in [-0.39, 0.29) is 0 Å². The highest BCUT2D eigenvalue weighted by molar-refractivity contribution is 6.27. The molecule has 1 heteroatoms. The zero-order valence-electron chi connectivity index (χ0n) is 15.1. The van der Waals surface area contributed by atoms with Crippen molar-refractivity contribution < 1.29 is 0 Å². The quantitative estimate of drug-likeness (QED) is 0.407. The lowest BCUT2D eigenvalue weighted by atomic mass is 9.90. The van der Waals surface area contributed by atoms with Gasteiger partial charge in [0, 0.05) is 16.5 Å². The van der Waals surface area contributed by atoms with Crippen LogP contribution in [0.3, 0.4) is 0 Å². The molecule has 120 valence electrons. The Labute approximate surface area is 144 Å². The van der Waals surface area contributed by atoms with Gasteiger partial charge >= 0.3 is 0 Å². The average molecular weight is 313 g/mol. The van der Waals surface area contributed by atoms with Gasteiger partial charge in [-0.3, -0.25) is 0 Å². The van der Waals surface area contributed by atoms with Gasteiger partial charge in [0.1, 0.15) is 0 Å². The fourth-order valence-corrected chi connectivity index (χ4v) is 3.95. The van der Waals surface area contributed by atoms with Crippen molar-refractivity contribution in [3.05, 3.63) is 75.8 Å². The molecule has 1 nitrogen and oxygen atoms in total. The summed E-state index contributed by atoms with van der Waals surface area (Å²) in [6, 6.07) is 15.7. The summed E-state index contributed by atoms with van der Waals surface area (Å²) in [7, 11) is 0. The first kappa shape index (κ1) is 15.1. The maximum Gasteiger partial charge on any atom is 0.0789 e. The summed E-state index contributed by atoms with van der Waals surface area (Å²) in [5, 5.41) is 2.68. The Hall–Kier alpha value is -2.41. The predicted molar refractivity (Wildman–Crippen MR) is 104 cm³/mol. The molecule has 0 aliphatic carbocycles. The minimum Gasteiger partial charge on any atom is -0.247 e. The fraction of sp³-hybridized carbons (Fsp3) is 0.261. The third-order valence-corrected chi connectivity index (χ3v) is 4.95. The van der Waals surface area contributed by atoms with Gasteiger partial charge in [0.05, 0.1) is 11.4 Å². The Morgan fingerprint density at radius 3 is 2.25 bits per heavy atom. The predicted octanol–water partition coefficient (Wildman–Crippen LogP) is 6.37. The molecule has 0 aromatic heterocycles. The minimum absolute atomic E-state index is 0.512. The van der Waals surface area contributed by atoms with E-state index in [4.69, 9.17) is 4.99 Å². The number of rotatable bonds is 2. The monoisotopic (exact) mass is 313 g/mol. The second-order valence-electron chi connectivity index (χ2n) is 7.35. The van der Waals surface area contributed by atoms with Crippen LogP contribution in [0.4, 0.5) is 5.69 Å². The molecule has 24 heavy (non-hydrogen) atoms. The van der Waals surface area contributed by atoms with E-state index < -0.39 is 0 Å². The van der Waals surface area contributed by atoms with Crippen LogP contribution >= 0.6 is 0 Å². The Kier molecular flexibility index (Phi) is 3.35. The molecule has 0 radical (unpaired) electrons. The van der Waals surface area contributed by atoms with Crippen LogP contribution in [-0.2, 0) is 0 Å². The SMILES string of the molecule is Cc1cc(C)cc(C2=Nc3c(C)cc(C(C)C)c4cccc2c34)c1. The molecule has 0 N–H and O–H groups in total. The molecule has 3 aromatic rings. The van der Waals surface area contributed by atoms with E-state index in [0.717, 1.165) is 11.4 Å². The van der Waals surface area contributed by atoms with Gasteiger partial charge in [0.15, 0.2) is 0 Å². The van der Waals surface area contributed by atoms with Crippen molar-refractivity contribution in [2.75, 3.05) is 0 Å². The third kappa shape index (κ3) is 2.19. The van der Waals surface area contributed by atoms with Crippen LogP contribution in [0.2, 0.25) is 0 Å². The lowest BCUT2D eigenvalue weighted by Gasteiger charge is -2.13. The number of aliphatic imine (C=N–C) groups is 1. The third-order valence-electron chi connectivity index (χ3n) is 4.95. The van der Waals surface area contributed by atoms with Gasteiger partial charge in [-0.2, -0.15) is 0 Å². The average Bonchev–Trinajstić information content (AvgIpc) is 2.91. The molecule has 0 bridgehead atoms. The molecule has 0 unspecified atom stereocenters. The normalized spacial score (nSPS) is 13.0. The van der Waals surface area contributed by atoms with Crippen molar-refractivity contribution in [1.82, 2.24) is 0 Å². The van der Waals surface area contributed by atoms with Crippen molar-refractivity contribution >= 4 is 22.2 Å². The van der Waals surface area contributed by atoms with E-state index in [2.05, 4.69) is 77.1 Å². The smallest absolute Gasteiger partial charge is 0.0789 e. The first-order valence-electron chi connectivity index (χ1n) is 8.69. The lowest BCUT2D eigenvalue weighted by molar-refractivity contribution is 0.875. The van der Waals surface area contributed by atoms with Crippen LogP contribution in [0.15, 0.2) is 47.5 Å². The highest BCUT2D eigenvalue weighted by atomic mass is 14.8. The molecule has 1 aliphatic rings. The molecule has 0 atom stereocenters. The molecule has 3 aromatic carbocycles. The summed E-state index contributed by atoms with van der Waals surface area (Å²) in [5.74, 6) is 0.512. The number of hydrogen-bond acceptors (Lipinski definition) is 1. The van der Waals surface area contributed by atoms with Crippen LogP contribution in [0.5, 0.6) is 0 Å². The van der Waals surface area contributed by atoms with Crippen LogP contribution < -0.4 is 0 Å². The summed E-state index contributed by atoms with van der Waals surface area (Å²) >= 11 is 0. The van der Waals surface area contributed by atoms with Gasteiger partial charge in [-0.1, -0.05) is 55.3 Å². The topological polar surface area (TPSA) is 12.4 Å². The van der Waals surface area contributed by atoms with E-state index in [1.54, 1.807) is 0 Å². The maximum absolute atomic E-state index is 5.07. The molecule has 1 aliphatic heterocycles. The molecule has 4 rings (SSSR count). The summed E-state index contributed by atoms with van der Waals surface area (Å²) in [6.07, 6.45) is 0. The van der Waals surface area contributed by atoms with Crippen molar-refractivity contribution in [3.8, 4) is 0 Å². The van der Waals surface area contributed by atoms with E-state index in [9.17, 15) is 0 Å². The molecule has 0 saturated carbocycles. The first-order valence-corrected chi connectivity index (χ1v) is 8.69. The zero-order valence-corrected chi connectivity index (χ0v) is 15.1. The van der Waals surface area contributed by atoms with E-state index >= 15 is 0 Å². The maximum atomic E-state index is 5.07. The molecule has 1 heterocycles. The number of benzene rings is 3. The Balaban J connectivity index is 2.03. The van der Waals surface area contributed by atoms with E-state index in [1.165, 1.54) is 44.2 Å². The number of aryl methyl sites for hydroxylation is 3. The van der Waals surface area contributed by atoms with E-state index in [1.807, 2.05) is 0 Å². The van der Waals surface area contributed by atoms with Crippen LogP contribution in [0.1, 0.15) is 53.1 Å². The minimum atomic E-state index is 0.512. The van der Waals surface area contributed by atoms with Crippen molar-refractivity contribution in [2.45, 2.75) is 40.5 Å². The number of hydrogen-bond donors (Lipinski definition) is 0. The standard InChI is InChI=1S/C23H23N/c1-13(2)20-12-16(5)22-21-18(20)7-6-8-19(21)23(24-22)17-10-14(3)9-15(4)11-17/h6-13H,1-5H3. The summed E-state index contributed by atoms with van der Waals surface area (Å²) in [5.41, 5.74) is 10.0. The Morgan fingerprint density at radius 1 is 0.875 bits per heavy atom. The highest BCUT2D eigenvalue weighted by Gasteiger charge is 2.23. The van der Waals surface area contributed by atoms with Gasteiger partial charge in [-0.15, -0.1) is 0 Å². The summed E-state index contributed by atoms with van der Waals surface area (Å²) in [6.45, 7) is 11.0. The summed E-state index contributed by atoms with van der Waals surface area (Å²) < 4.78 is 0. The highest BCUT2D eigenvalue weighted by Crippen LogP contribution is 2.42. The van der Waals surface area contributed by atoms with Crippen LogP contribution in [0.25, 0.3) is 10.8 Å². The lowest BCUT2D eigenvalue weighted by Crippen LogP contribution is -2.01. The van der Waals surface area contributed by atoms with Crippen LogP contribution in [-0.4, -0.2) is 5.71 Å². The zero-order chi connectivity index (χ0) is 17.0. The molecular formula is C23H23N. The van der Waals surface area contributed by atoms with Gasteiger partial charge < -0.3 is 0 Å². The first-order chi connectivity index (χ1) is 11.5. The van der Waals surface area contributed by atoms with Crippen molar-refractivity contribution in [1.29, 1.82) is 0 Å². The van der Waals surface area contributed by atoms with Crippen LogP contribution in [0, 0.1) is 20.8 Å². The van der Waals surface area contributed by atoms with Crippen molar-refractivity contribution in [2.24, 2.45) is 4.99 Å². The summed E-state index contributed by atoms with van der Waals surface area (Å²) in [4.78, 5) is 5.07. The second-order valence-corrected chi connectivity index (χ2v) is 7.35. The molecule has 0 spiro atoms. The van der Waals surface area contributed by atoms with Gasteiger partial charge in [-0.05, 0) is 55.3 Å². The fourth-order valence-electron chi connectivity index (χ4n) is 3.95. The van der Waals surface area contributed by atoms with Crippen molar-refractivity contribution in [3.63, 3.8) is 0 Å². The number of nitrogens with zero attached hydrogens (tertiary/aromatic N) is 1.